The molecule has 1 aliphatic rings. The number of nitrogens with zero attached hydrogens (tertiary/aromatic N) is 1. The molecule has 1 rings (SSSR count). The van der Waals surface area contributed by atoms with Crippen molar-refractivity contribution in [1.29, 1.82) is 0 Å². The molecule has 4 nitrogen and oxygen atoms in total. The zero-order valence-electron chi connectivity index (χ0n) is 12.6. The average molecular weight is 267 g/mol. The lowest BCUT2D eigenvalue weighted by Crippen LogP contribution is -2.44. The molecule has 1 heterocycles. The maximum atomic E-state index is 12.2. The summed E-state index contributed by atoms with van der Waals surface area (Å²) < 4.78 is 5.39. The first-order valence-electron chi connectivity index (χ1n) is 6.78. The standard InChI is InChI=1S/C15H25NO3/c1-7-8-12-10(2)9-16(13(12)11(3)17)14(18)19-15(4,5)6/h7,10,12-13H,1,8-9H2,2-6H3/t10-,12+,13+/m0/s1. The topological polar surface area (TPSA) is 46.6 Å². The van der Waals surface area contributed by atoms with Gasteiger partial charge in [0.05, 0.1) is 6.04 Å². The van der Waals surface area contributed by atoms with Gasteiger partial charge in [-0.3, -0.25) is 9.69 Å². The molecule has 19 heavy (non-hydrogen) atoms. The van der Waals surface area contributed by atoms with Gasteiger partial charge in [-0.2, -0.15) is 0 Å². The van der Waals surface area contributed by atoms with E-state index in [9.17, 15) is 9.59 Å². The van der Waals surface area contributed by atoms with Gasteiger partial charge in [0, 0.05) is 6.54 Å². The second kappa shape index (κ2) is 5.76. The van der Waals surface area contributed by atoms with Gasteiger partial charge >= 0.3 is 6.09 Å². The largest absolute Gasteiger partial charge is 0.444 e. The molecule has 0 saturated carbocycles. The van der Waals surface area contributed by atoms with Gasteiger partial charge in [-0.15, -0.1) is 6.58 Å². The van der Waals surface area contributed by atoms with E-state index in [0.717, 1.165) is 6.42 Å². The molecule has 0 aromatic carbocycles. The molecular formula is C15H25NO3. The number of hydrogen-bond donors (Lipinski definition) is 0. The van der Waals surface area contributed by atoms with Gasteiger partial charge in [0.1, 0.15) is 5.60 Å². The predicted molar refractivity (Wildman–Crippen MR) is 74.9 cm³/mol. The van der Waals surface area contributed by atoms with Gasteiger partial charge in [0.25, 0.3) is 0 Å². The molecule has 0 aromatic rings. The predicted octanol–water partition coefficient (Wildman–Crippen LogP) is 3.02. The summed E-state index contributed by atoms with van der Waals surface area (Å²) in [5, 5.41) is 0. The SMILES string of the molecule is C=CC[C@H]1[C@@H](C(C)=O)N(C(=O)OC(C)(C)C)C[C@@H]1C. The molecule has 0 bridgehead atoms. The summed E-state index contributed by atoms with van der Waals surface area (Å²) in [5.41, 5.74) is -0.543. The number of ether oxygens (including phenoxy) is 1. The summed E-state index contributed by atoms with van der Waals surface area (Å²) in [6.45, 7) is 13.4. The number of amides is 1. The summed E-state index contributed by atoms with van der Waals surface area (Å²) in [4.78, 5) is 25.6. The third kappa shape index (κ3) is 3.82. The third-order valence-corrected chi connectivity index (χ3v) is 3.44. The third-order valence-electron chi connectivity index (χ3n) is 3.44. The Morgan fingerprint density at radius 2 is 2.00 bits per heavy atom. The van der Waals surface area contributed by atoms with Crippen molar-refractivity contribution < 1.29 is 14.3 Å². The van der Waals surface area contributed by atoms with Crippen molar-refractivity contribution in [3.05, 3.63) is 12.7 Å². The first kappa shape index (κ1) is 15.7. The number of Topliss-reactive ketones (excluding diaryl/α,β-unsaturated/α-hetero) is 1. The second-order valence-corrected chi connectivity index (χ2v) is 6.35. The van der Waals surface area contributed by atoms with Crippen molar-refractivity contribution in [3.8, 4) is 0 Å². The van der Waals surface area contributed by atoms with Crippen LogP contribution in [0.15, 0.2) is 12.7 Å². The molecule has 3 atom stereocenters. The first-order chi connectivity index (χ1) is 8.67. The molecule has 1 amide bonds. The lowest BCUT2D eigenvalue weighted by molar-refractivity contribution is -0.122. The van der Waals surface area contributed by atoms with Crippen LogP contribution in [0, 0.1) is 11.8 Å². The van der Waals surface area contributed by atoms with E-state index in [1.54, 1.807) is 4.90 Å². The molecule has 0 radical (unpaired) electrons. The van der Waals surface area contributed by atoms with Crippen LogP contribution in [0.2, 0.25) is 0 Å². The first-order valence-corrected chi connectivity index (χ1v) is 6.78. The summed E-state index contributed by atoms with van der Waals surface area (Å²) in [5.74, 6) is 0.434. The molecule has 0 aliphatic carbocycles. The van der Waals surface area contributed by atoms with Crippen LogP contribution in [-0.4, -0.2) is 35.0 Å². The van der Waals surface area contributed by atoms with Gasteiger partial charge in [-0.1, -0.05) is 13.0 Å². The Hall–Kier alpha value is -1.32. The van der Waals surface area contributed by atoms with Gasteiger partial charge in [0.15, 0.2) is 5.78 Å². The molecule has 1 aliphatic heterocycles. The summed E-state index contributed by atoms with van der Waals surface area (Å²) in [7, 11) is 0. The van der Waals surface area contributed by atoms with Gasteiger partial charge in [-0.25, -0.2) is 4.79 Å². The Morgan fingerprint density at radius 1 is 1.42 bits per heavy atom. The summed E-state index contributed by atoms with van der Waals surface area (Å²) in [6, 6.07) is -0.386. The fourth-order valence-corrected chi connectivity index (χ4v) is 2.68. The molecule has 0 aromatic heterocycles. The Kier molecular flexibility index (Phi) is 4.77. The van der Waals surface area contributed by atoms with Crippen LogP contribution in [0.5, 0.6) is 0 Å². The van der Waals surface area contributed by atoms with Gasteiger partial charge in [-0.05, 0) is 46.0 Å². The quantitative estimate of drug-likeness (QED) is 0.738. The number of ketones is 1. The number of allylic oxidation sites excluding steroid dienone is 1. The number of hydrogen-bond acceptors (Lipinski definition) is 3. The van der Waals surface area contributed by atoms with E-state index in [4.69, 9.17) is 4.74 Å². The molecule has 108 valence electrons. The maximum absolute atomic E-state index is 12.2. The summed E-state index contributed by atoms with van der Waals surface area (Å²) in [6.07, 6.45) is 2.16. The Morgan fingerprint density at radius 3 is 2.42 bits per heavy atom. The van der Waals surface area contributed by atoms with Crippen LogP contribution >= 0.6 is 0 Å². The van der Waals surface area contributed by atoms with Crippen molar-refractivity contribution in [2.45, 2.75) is 52.7 Å². The second-order valence-electron chi connectivity index (χ2n) is 6.35. The zero-order chi connectivity index (χ0) is 14.8. The van der Waals surface area contributed by atoms with Crippen molar-refractivity contribution in [3.63, 3.8) is 0 Å². The number of carbonyl (C=O) groups excluding carboxylic acids is 2. The minimum Gasteiger partial charge on any atom is -0.444 e. The summed E-state index contributed by atoms with van der Waals surface area (Å²) >= 11 is 0. The van der Waals surface area contributed by atoms with Crippen LogP contribution in [0.4, 0.5) is 4.79 Å². The van der Waals surface area contributed by atoms with Crippen molar-refractivity contribution >= 4 is 11.9 Å². The number of carbonyl (C=O) groups is 2. The average Bonchev–Trinajstić information content (AvgIpc) is 2.54. The molecule has 0 unspecified atom stereocenters. The lowest BCUT2D eigenvalue weighted by atomic mass is 9.87. The smallest absolute Gasteiger partial charge is 0.410 e. The van der Waals surface area contributed by atoms with Crippen molar-refractivity contribution in [2.24, 2.45) is 11.8 Å². The number of likely N-dealkylation sites (tertiary alicyclic amines) is 1. The van der Waals surface area contributed by atoms with Crippen LogP contribution < -0.4 is 0 Å². The van der Waals surface area contributed by atoms with Crippen LogP contribution in [0.1, 0.15) is 41.0 Å². The maximum Gasteiger partial charge on any atom is 0.410 e. The molecule has 1 saturated heterocycles. The van der Waals surface area contributed by atoms with E-state index in [-0.39, 0.29) is 23.7 Å². The van der Waals surface area contributed by atoms with Crippen molar-refractivity contribution in [1.82, 2.24) is 4.90 Å². The van der Waals surface area contributed by atoms with Crippen LogP contribution in [0.25, 0.3) is 0 Å². The van der Waals surface area contributed by atoms with E-state index in [1.807, 2.05) is 26.8 Å². The van der Waals surface area contributed by atoms with E-state index < -0.39 is 11.7 Å². The highest BCUT2D eigenvalue weighted by atomic mass is 16.6. The molecule has 0 N–H and O–H groups in total. The molecule has 0 spiro atoms. The minimum absolute atomic E-state index is 0.0158. The van der Waals surface area contributed by atoms with E-state index in [1.165, 1.54) is 6.92 Å². The molecule has 4 heteroatoms. The monoisotopic (exact) mass is 267 g/mol. The minimum atomic E-state index is -0.543. The zero-order valence-corrected chi connectivity index (χ0v) is 12.6. The van der Waals surface area contributed by atoms with Crippen molar-refractivity contribution in [2.75, 3.05) is 6.54 Å². The fourth-order valence-electron chi connectivity index (χ4n) is 2.68. The Labute approximate surface area is 115 Å². The fraction of sp³-hybridized carbons (Fsp3) is 0.733. The lowest BCUT2D eigenvalue weighted by Gasteiger charge is -2.29. The normalized spacial score (nSPS) is 27.2. The molecule has 1 fully saturated rings. The van der Waals surface area contributed by atoms with Gasteiger partial charge < -0.3 is 4.74 Å². The van der Waals surface area contributed by atoms with E-state index in [0.29, 0.717) is 6.54 Å². The van der Waals surface area contributed by atoms with E-state index in [2.05, 4.69) is 13.5 Å². The molecular weight excluding hydrogens is 242 g/mol. The number of rotatable bonds is 3. The van der Waals surface area contributed by atoms with Crippen LogP contribution in [-0.2, 0) is 9.53 Å². The Balaban J connectivity index is 2.91. The highest BCUT2D eigenvalue weighted by Gasteiger charge is 2.44. The van der Waals surface area contributed by atoms with E-state index >= 15 is 0 Å². The van der Waals surface area contributed by atoms with Gasteiger partial charge in [0.2, 0.25) is 0 Å². The highest BCUT2D eigenvalue weighted by molar-refractivity contribution is 5.86. The Bertz CT molecular complexity index is 370. The highest BCUT2D eigenvalue weighted by Crippen LogP contribution is 2.34. The van der Waals surface area contributed by atoms with Crippen LogP contribution in [0.3, 0.4) is 0 Å².